The number of aliphatic imine (C=N–C) groups is 1. The fourth-order valence-corrected chi connectivity index (χ4v) is 2.98. The van der Waals surface area contributed by atoms with Crippen LogP contribution in [-0.2, 0) is 0 Å². The predicted octanol–water partition coefficient (Wildman–Crippen LogP) is 4.35. The minimum Gasteiger partial charge on any atom is -0.504 e. The molecule has 6 heteroatoms. The van der Waals surface area contributed by atoms with Gasteiger partial charge in [0.1, 0.15) is 11.1 Å². The average molecular weight is 321 g/mol. The van der Waals surface area contributed by atoms with Crippen LogP contribution in [0.1, 0.15) is 21.6 Å². The molecule has 0 bridgehead atoms. The molecule has 1 N–H and O–H groups in total. The van der Waals surface area contributed by atoms with E-state index in [1.165, 1.54) is 30.7 Å². The van der Waals surface area contributed by atoms with Gasteiger partial charge in [-0.1, -0.05) is 11.6 Å². The SMILES string of the molecule is COc1cc(Cl)cc(/C=N/c2sc(C)c(C)c2C#N)c1O. The van der Waals surface area contributed by atoms with Gasteiger partial charge in [-0.25, -0.2) is 4.99 Å². The van der Waals surface area contributed by atoms with E-state index in [1.807, 2.05) is 13.8 Å². The summed E-state index contributed by atoms with van der Waals surface area (Å²) in [5, 5.41) is 20.3. The van der Waals surface area contributed by atoms with Gasteiger partial charge in [0.05, 0.1) is 12.7 Å². The van der Waals surface area contributed by atoms with E-state index in [9.17, 15) is 10.4 Å². The van der Waals surface area contributed by atoms with Gasteiger partial charge in [0.25, 0.3) is 0 Å². The topological polar surface area (TPSA) is 65.6 Å². The van der Waals surface area contributed by atoms with E-state index in [0.29, 0.717) is 21.2 Å². The predicted molar refractivity (Wildman–Crippen MR) is 85.4 cm³/mol. The Morgan fingerprint density at radius 1 is 1.43 bits per heavy atom. The lowest BCUT2D eigenvalue weighted by molar-refractivity contribution is 0.373. The molecular formula is C15H13ClN2O2S. The summed E-state index contributed by atoms with van der Waals surface area (Å²) in [4.78, 5) is 5.35. The van der Waals surface area contributed by atoms with Crippen LogP contribution in [0.4, 0.5) is 5.00 Å². The lowest BCUT2D eigenvalue weighted by Crippen LogP contribution is -1.89. The highest BCUT2D eigenvalue weighted by molar-refractivity contribution is 7.16. The van der Waals surface area contributed by atoms with Crippen LogP contribution in [0, 0.1) is 25.2 Å². The average Bonchev–Trinajstić information content (AvgIpc) is 2.74. The van der Waals surface area contributed by atoms with Gasteiger partial charge in [0.2, 0.25) is 0 Å². The summed E-state index contributed by atoms with van der Waals surface area (Å²) in [5.74, 6) is 0.247. The minimum atomic E-state index is -0.0332. The van der Waals surface area contributed by atoms with Gasteiger partial charge in [0, 0.05) is 27.7 Å². The number of benzene rings is 1. The molecule has 108 valence electrons. The number of halogens is 1. The minimum absolute atomic E-state index is 0.0332. The van der Waals surface area contributed by atoms with Crippen molar-refractivity contribution in [1.82, 2.24) is 0 Å². The van der Waals surface area contributed by atoms with Gasteiger partial charge in [0.15, 0.2) is 11.5 Å². The molecule has 0 aliphatic heterocycles. The highest BCUT2D eigenvalue weighted by Gasteiger charge is 2.12. The first-order valence-electron chi connectivity index (χ1n) is 6.08. The molecule has 4 nitrogen and oxygen atoms in total. The molecule has 21 heavy (non-hydrogen) atoms. The van der Waals surface area contributed by atoms with Crippen molar-refractivity contribution in [3.05, 3.63) is 38.7 Å². The quantitative estimate of drug-likeness (QED) is 0.855. The normalized spacial score (nSPS) is 10.8. The number of hydrogen-bond acceptors (Lipinski definition) is 5. The Balaban J connectivity index is 2.46. The highest BCUT2D eigenvalue weighted by atomic mass is 35.5. The Morgan fingerprint density at radius 2 is 2.14 bits per heavy atom. The molecule has 2 rings (SSSR count). The van der Waals surface area contributed by atoms with Crippen LogP contribution in [0.2, 0.25) is 5.02 Å². The van der Waals surface area contributed by atoms with Gasteiger partial charge >= 0.3 is 0 Å². The van der Waals surface area contributed by atoms with Crippen LogP contribution < -0.4 is 4.74 Å². The summed E-state index contributed by atoms with van der Waals surface area (Å²) in [6.45, 7) is 3.84. The first-order valence-corrected chi connectivity index (χ1v) is 7.28. The van der Waals surface area contributed by atoms with Crippen LogP contribution in [0.3, 0.4) is 0 Å². The Kier molecular flexibility index (Phi) is 4.51. The number of nitriles is 1. The maximum absolute atomic E-state index is 10.0. The molecule has 0 spiro atoms. The first kappa shape index (κ1) is 15.4. The summed E-state index contributed by atoms with van der Waals surface area (Å²) in [7, 11) is 1.45. The third-order valence-electron chi connectivity index (χ3n) is 3.09. The lowest BCUT2D eigenvalue weighted by atomic mass is 10.2. The molecule has 0 atom stereocenters. The molecule has 2 aromatic rings. The zero-order valence-corrected chi connectivity index (χ0v) is 13.3. The summed E-state index contributed by atoms with van der Waals surface area (Å²) in [6, 6.07) is 5.26. The summed E-state index contributed by atoms with van der Waals surface area (Å²) in [6.07, 6.45) is 1.48. The molecule has 0 saturated carbocycles. The standard InChI is InChI=1S/C15H13ClN2O2S/c1-8-9(2)21-15(12(8)6-17)18-7-10-4-11(16)5-13(20-3)14(10)19/h4-5,7,19H,1-3H3/b18-7+. The van der Waals surface area contributed by atoms with Crippen molar-refractivity contribution in [1.29, 1.82) is 5.26 Å². The van der Waals surface area contributed by atoms with Crippen LogP contribution in [-0.4, -0.2) is 18.4 Å². The molecule has 1 aromatic heterocycles. The lowest BCUT2D eigenvalue weighted by Gasteiger charge is -2.06. The molecule has 1 aromatic carbocycles. The molecular weight excluding hydrogens is 308 g/mol. The van der Waals surface area contributed by atoms with Crippen LogP contribution in [0.5, 0.6) is 11.5 Å². The van der Waals surface area contributed by atoms with Gasteiger partial charge in [-0.05, 0) is 25.5 Å². The van der Waals surface area contributed by atoms with Crippen LogP contribution in [0.25, 0.3) is 0 Å². The molecule has 0 aliphatic rings. The highest BCUT2D eigenvalue weighted by Crippen LogP contribution is 2.36. The second-order valence-electron chi connectivity index (χ2n) is 4.38. The smallest absolute Gasteiger partial charge is 0.166 e. The summed E-state index contributed by atoms with van der Waals surface area (Å²) < 4.78 is 5.04. The number of ether oxygens (including phenoxy) is 1. The van der Waals surface area contributed by atoms with Gasteiger partial charge in [-0.15, -0.1) is 11.3 Å². The van der Waals surface area contributed by atoms with Crippen LogP contribution in [0.15, 0.2) is 17.1 Å². The number of thiophene rings is 1. The molecule has 0 radical (unpaired) electrons. The van der Waals surface area contributed by atoms with E-state index in [0.717, 1.165) is 10.4 Å². The molecule has 1 heterocycles. The summed E-state index contributed by atoms with van der Waals surface area (Å²) >= 11 is 7.41. The van der Waals surface area contributed by atoms with Gasteiger partial charge < -0.3 is 9.84 Å². The molecule has 0 saturated heterocycles. The maximum atomic E-state index is 10.0. The van der Waals surface area contributed by atoms with Crippen molar-refractivity contribution in [2.45, 2.75) is 13.8 Å². The third-order valence-corrected chi connectivity index (χ3v) is 4.42. The Labute approximate surface area is 131 Å². The van der Waals surface area contributed by atoms with Gasteiger partial charge in [-0.2, -0.15) is 5.26 Å². The van der Waals surface area contributed by atoms with Gasteiger partial charge in [-0.3, -0.25) is 0 Å². The van der Waals surface area contributed by atoms with Crippen molar-refractivity contribution >= 4 is 34.2 Å². The zero-order chi connectivity index (χ0) is 15.6. The second kappa shape index (κ2) is 6.17. The Hall–Kier alpha value is -2.03. The number of nitrogens with zero attached hydrogens (tertiary/aromatic N) is 2. The number of rotatable bonds is 3. The van der Waals surface area contributed by atoms with Crippen molar-refractivity contribution < 1.29 is 9.84 Å². The maximum Gasteiger partial charge on any atom is 0.166 e. The Bertz CT molecular complexity index is 760. The molecule has 0 amide bonds. The number of methoxy groups -OCH3 is 1. The second-order valence-corrected chi connectivity index (χ2v) is 6.02. The number of hydrogen-bond donors (Lipinski definition) is 1. The van der Waals surface area contributed by atoms with E-state index in [-0.39, 0.29) is 11.5 Å². The Morgan fingerprint density at radius 3 is 2.76 bits per heavy atom. The molecule has 0 aliphatic carbocycles. The molecule has 0 fully saturated rings. The van der Waals surface area contributed by atoms with E-state index in [4.69, 9.17) is 16.3 Å². The fourth-order valence-electron chi connectivity index (χ4n) is 1.81. The van der Waals surface area contributed by atoms with Crippen molar-refractivity contribution in [3.63, 3.8) is 0 Å². The molecule has 0 unspecified atom stereocenters. The number of aromatic hydroxyl groups is 1. The van der Waals surface area contributed by atoms with Crippen molar-refractivity contribution in [2.24, 2.45) is 4.99 Å². The number of phenols is 1. The van der Waals surface area contributed by atoms with E-state index in [1.54, 1.807) is 6.07 Å². The van der Waals surface area contributed by atoms with Crippen molar-refractivity contribution in [3.8, 4) is 17.6 Å². The van der Waals surface area contributed by atoms with Crippen molar-refractivity contribution in [2.75, 3.05) is 7.11 Å². The number of phenolic OH excluding ortho intramolecular Hbond substituents is 1. The fraction of sp³-hybridized carbons (Fsp3) is 0.200. The monoisotopic (exact) mass is 320 g/mol. The van der Waals surface area contributed by atoms with E-state index >= 15 is 0 Å². The number of aryl methyl sites for hydroxylation is 1. The third kappa shape index (κ3) is 3.02. The largest absolute Gasteiger partial charge is 0.504 e. The zero-order valence-electron chi connectivity index (χ0n) is 11.8. The van der Waals surface area contributed by atoms with E-state index in [2.05, 4.69) is 11.1 Å². The summed E-state index contributed by atoms with van der Waals surface area (Å²) in [5.41, 5.74) is 1.93. The van der Waals surface area contributed by atoms with Crippen LogP contribution >= 0.6 is 22.9 Å². The van der Waals surface area contributed by atoms with E-state index < -0.39 is 0 Å². The first-order chi connectivity index (χ1) is 9.97.